The Morgan fingerprint density at radius 3 is 2.53 bits per heavy atom. The van der Waals surface area contributed by atoms with Crippen LogP contribution in [-0.2, 0) is 6.54 Å². The van der Waals surface area contributed by atoms with Crippen molar-refractivity contribution in [2.75, 3.05) is 23.8 Å². The number of nitrogens with one attached hydrogen (secondary N) is 2. The molecule has 166 valence electrons. The van der Waals surface area contributed by atoms with Gasteiger partial charge in [-0.2, -0.15) is 19.6 Å². The zero-order chi connectivity index (χ0) is 22.5. The van der Waals surface area contributed by atoms with Crippen molar-refractivity contribution in [1.29, 1.82) is 0 Å². The molecule has 0 spiro atoms. The lowest BCUT2D eigenvalue weighted by molar-refractivity contribution is 0.105. The van der Waals surface area contributed by atoms with Crippen LogP contribution in [0.25, 0.3) is 16.9 Å². The monoisotopic (exact) mass is 433 g/mol. The van der Waals surface area contributed by atoms with Crippen molar-refractivity contribution in [3.63, 3.8) is 0 Å². The van der Waals surface area contributed by atoms with Gasteiger partial charge in [0.2, 0.25) is 11.9 Å². The van der Waals surface area contributed by atoms with Gasteiger partial charge in [-0.25, -0.2) is 0 Å². The summed E-state index contributed by atoms with van der Waals surface area (Å²) in [6, 6.07) is 14.0. The highest BCUT2D eigenvalue weighted by Crippen LogP contribution is 2.23. The standard InChI is InChI=1S/C23H27N7O2/c1-15(2)19-13-27-30-21(19)28-22(25-12-18(32)14-31)29-23(30)26-11-16-6-8-17(9-7-16)20-5-3-4-10-24-20/h3-10,13,15,18,31-32H,11-12,14H2,1-2H3,(H2,25,26,28,29). The van der Waals surface area contributed by atoms with E-state index in [1.165, 1.54) is 0 Å². The van der Waals surface area contributed by atoms with Crippen LogP contribution in [0.4, 0.5) is 11.9 Å². The summed E-state index contributed by atoms with van der Waals surface area (Å²) < 4.78 is 1.69. The lowest BCUT2D eigenvalue weighted by atomic mass is 10.1. The molecular formula is C23H27N7O2. The molecule has 3 aromatic heterocycles. The first-order valence-electron chi connectivity index (χ1n) is 10.6. The molecule has 0 fully saturated rings. The Hall–Kier alpha value is -3.56. The van der Waals surface area contributed by atoms with Crippen molar-refractivity contribution in [3.8, 4) is 11.3 Å². The van der Waals surface area contributed by atoms with Crippen molar-refractivity contribution < 1.29 is 10.2 Å². The van der Waals surface area contributed by atoms with Crippen LogP contribution in [-0.4, -0.2) is 54.0 Å². The van der Waals surface area contributed by atoms with Crippen LogP contribution in [0.3, 0.4) is 0 Å². The zero-order valence-corrected chi connectivity index (χ0v) is 18.1. The van der Waals surface area contributed by atoms with E-state index in [2.05, 4.69) is 56.7 Å². The van der Waals surface area contributed by atoms with Gasteiger partial charge in [0.15, 0.2) is 5.65 Å². The van der Waals surface area contributed by atoms with Crippen molar-refractivity contribution in [1.82, 2.24) is 24.6 Å². The SMILES string of the molecule is CC(C)c1cnn2c(NCc3ccc(-c4ccccn4)cc3)nc(NCC(O)CO)nc12. The third kappa shape index (κ3) is 4.84. The normalized spacial score (nSPS) is 12.3. The Bertz CT molecular complexity index is 1160. The van der Waals surface area contributed by atoms with Gasteiger partial charge >= 0.3 is 0 Å². The lowest BCUT2D eigenvalue weighted by Gasteiger charge is -2.13. The smallest absolute Gasteiger partial charge is 0.229 e. The Labute approximate surface area is 186 Å². The van der Waals surface area contributed by atoms with Crippen LogP contribution in [0.5, 0.6) is 0 Å². The Kier molecular flexibility index (Phi) is 6.58. The molecular weight excluding hydrogens is 406 g/mol. The summed E-state index contributed by atoms with van der Waals surface area (Å²) in [6.45, 7) is 4.52. The molecule has 0 saturated carbocycles. The third-order valence-electron chi connectivity index (χ3n) is 5.09. The maximum absolute atomic E-state index is 9.66. The number of aliphatic hydroxyl groups excluding tert-OH is 2. The van der Waals surface area contributed by atoms with Crippen molar-refractivity contribution in [3.05, 3.63) is 66.0 Å². The van der Waals surface area contributed by atoms with E-state index in [0.29, 0.717) is 24.1 Å². The summed E-state index contributed by atoms with van der Waals surface area (Å²) in [5.41, 5.74) is 4.77. The summed E-state index contributed by atoms with van der Waals surface area (Å²) in [5.74, 6) is 1.14. The van der Waals surface area contributed by atoms with E-state index < -0.39 is 6.10 Å². The Balaban J connectivity index is 1.56. The van der Waals surface area contributed by atoms with Gasteiger partial charge in [0, 0.05) is 30.4 Å². The maximum atomic E-state index is 9.66. The molecule has 4 N–H and O–H groups in total. The van der Waals surface area contributed by atoms with Crippen molar-refractivity contribution in [2.45, 2.75) is 32.4 Å². The molecule has 9 heteroatoms. The molecule has 0 bridgehead atoms. The number of anilines is 2. The maximum Gasteiger partial charge on any atom is 0.229 e. The van der Waals surface area contributed by atoms with Gasteiger partial charge in [-0.3, -0.25) is 4.98 Å². The van der Waals surface area contributed by atoms with Gasteiger partial charge in [-0.1, -0.05) is 44.2 Å². The number of rotatable bonds is 9. The summed E-state index contributed by atoms with van der Waals surface area (Å²) >= 11 is 0. The molecule has 4 rings (SSSR count). The van der Waals surface area contributed by atoms with Crippen LogP contribution in [0, 0.1) is 0 Å². The van der Waals surface area contributed by atoms with Gasteiger partial charge in [0.1, 0.15) is 0 Å². The minimum Gasteiger partial charge on any atom is -0.394 e. The molecule has 1 atom stereocenters. The number of hydrogen-bond donors (Lipinski definition) is 4. The van der Waals surface area contributed by atoms with Gasteiger partial charge in [0.05, 0.1) is 24.6 Å². The Morgan fingerprint density at radius 1 is 1.03 bits per heavy atom. The number of pyridine rings is 1. The second-order valence-electron chi connectivity index (χ2n) is 7.84. The van der Waals surface area contributed by atoms with E-state index in [1.54, 1.807) is 16.9 Å². The predicted molar refractivity (Wildman–Crippen MR) is 123 cm³/mol. The number of aliphatic hydroxyl groups is 2. The van der Waals surface area contributed by atoms with Crippen LogP contribution in [0.15, 0.2) is 54.9 Å². The molecule has 3 heterocycles. The van der Waals surface area contributed by atoms with Gasteiger partial charge in [-0.05, 0) is 23.6 Å². The fourth-order valence-electron chi connectivity index (χ4n) is 3.28. The Morgan fingerprint density at radius 2 is 1.84 bits per heavy atom. The topological polar surface area (TPSA) is 120 Å². The highest BCUT2D eigenvalue weighted by Gasteiger charge is 2.15. The van der Waals surface area contributed by atoms with E-state index in [4.69, 9.17) is 5.11 Å². The van der Waals surface area contributed by atoms with Gasteiger partial charge in [0.25, 0.3) is 0 Å². The molecule has 0 saturated heterocycles. The average Bonchev–Trinajstić information content (AvgIpc) is 3.26. The zero-order valence-electron chi connectivity index (χ0n) is 18.1. The molecule has 0 aliphatic carbocycles. The molecule has 1 aromatic carbocycles. The first-order valence-corrected chi connectivity index (χ1v) is 10.6. The lowest BCUT2D eigenvalue weighted by Crippen LogP contribution is -2.24. The van der Waals surface area contributed by atoms with E-state index in [9.17, 15) is 5.11 Å². The molecule has 0 aliphatic rings. The van der Waals surface area contributed by atoms with Crippen LogP contribution >= 0.6 is 0 Å². The van der Waals surface area contributed by atoms with E-state index in [1.807, 2.05) is 30.3 Å². The summed E-state index contributed by atoms with van der Waals surface area (Å²) in [7, 11) is 0. The molecule has 4 aromatic rings. The average molecular weight is 434 g/mol. The first-order chi connectivity index (χ1) is 15.5. The number of benzene rings is 1. The fourth-order valence-corrected chi connectivity index (χ4v) is 3.28. The molecule has 1 unspecified atom stereocenters. The van der Waals surface area contributed by atoms with E-state index in [0.717, 1.165) is 22.4 Å². The second kappa shape index (κ2) is 9.71. The van der Waals surface area contributed by atoms with Crippen molar-refractivity contribution >= 4 is 17.5 Å². The van der Waals surface area contributed by atoms with E-state index in [-0.39, 0.29) is 19.1 Å². The third-order valence-corrected chi connectivity index (χ3v) is 5.09. The predicted octanol–water partition coefficient (Wildman–Crippen LogP) is 2.69. The van der Waals surface area contributed by atoms with Gasteiger partial charge in [-0.15, -0.1) is 0 Å². The summed E-state index contributed by atoms with van der Waals surface area (Å²) in [6.07, 6.45) is 2.69. The summed E-state index contributed by atoms with van der Waals surface area (Å²) in [4.78, 5) is 13.5. The van der Waals surface area contributed by atoms with Crippen LogP contribution < -0.4 is 10.6 Å². The van der Waals surface area contributed by atoms with Crippen LogP contribution in [0.2, 0.25) is 0 Å². The number of nitrogens with zero attached hydrogens (tertiary/aromatic N) is 5. The first kappa shape index (κ1) is 21.7. The van der Waals surface area contributed by atoms with Gasteiger partial charge < -0.3 is 20.8 Å². The molecule has 32 heavy (non-hydrogen) atoms. The van der Waals surface area contributed by atoms with Crippen molar-refractivity contribution in [2.24, 2.45) is 0 Å². The molecule has 0 amide bonds. The number of hydrogen-bond acceptors (Lipinski definition) is 8. The molecule has 0 radical (unpaired) electrons. The molecule has 0 aliphatic heterocycles. The minimum atomic E-state index is -0.890. The molecule has 9 nitrogen and oxygen atoms in total. The highest BCUT2D eigenvalue weighted by atomic mass is 16.3. The van der Waals surface area contributed by atoms with Crippen LogP contribution in [0.1, 0.15) is 30.9 Å². The largest absolute Gasteiger partial charge is 0.394 e. The quantitative estimate of drug-likeness (QED) is 0.318. The second-order valence-corrected chi connectivity index (χ2v) is 7.84. The summed E-state index contributed by atoms with van der Waals surface area (Å²) in [5, 5.41) is 29.5. The highest BCUT2D eigenvalue weighted by molar-refractivity contribution is 5.59. The number of fused-ring (bicyclic) bond motifs is 1. The fraction of sp³-hybridized carbons (Fsp3) is 0.304. The minimum absolute atomic E-state index is 0.145. The number of aromatic nitrogens is 5. The van der Waals surface area contributed by atoms with E-state index >= 15 is 0 Å².